The summed E-state index contributed by atoms with van der Waals surface area (Å²) < 4.78 is 9.13. The highest BCUT2D eigenvalue weighted by Crippen LogP contribution is 2.07. The molecule has 0 saturated heterocycles. The predicted molar refractivity (Wildman–Crippen MR) is 72.7 cm³/mol. The molecule has 7 heteroatoms. The first-order valence-corrected chi connectivity index (χ1v) is 7.29. The number of amides is 1. The highest BCUT2D eigenvalue weighted by molar-refractivity contribution is 7.98. The molecule has 0 aromatic heterocycles. The minimum atomic E-state index is -0.676. The Kier molecular flexibility index (Phi) is 9.03. The first-order valence-electron chi connectivity index (χ1n) is 5.90. The summed E-state index contributed by atoms with van der Waals surface area (Å²) in [7, 11) is 2.54. The van der Waals surface area contributed by atoms with Crippen LogP contribution in [0.1, 0.15) is 19.8 Å². The SMILES string of the molecule is COC(=O)CC(C)C(=O)N[C@@H](CCSC)C(=O)OC. The van der Waals surface area contributed by atoms with Crippen LogP contribution in [0.15, 0.2) is 0 Å². The molecule has 0 spiro atoms. The lowest BCUT2D eigenvalue weighted by Gasteiger charge is -2.18. The topological polar surface area (TPSA) is 81.7 Å². The van der Waals surface area contributed by atoms with Crippen molar-refractivity contribution in [2.24, 2.45) is 5.92 Å². The lowest BCUT2D eigenvalue weighted by molar-refractivity contribution is -0.146. The largest absolute Gasteiger partial charge is 0.469 e. The first kappa shape index (κ1) is 17.8. The third-order valence-corrected chi connectivity index (χ3v) is 3.20. The van der Waals surface area contributed by atoms with Crippen molar-refractivity contribution < 1.29 is 23.9 Å². The van der Waals surface area contributed by atoms with Crippen LogP contribution < -0.4 is 5.32 Å². The molecule has 19 heavy (non-hydrogen) atoms. The maximum Gasteiger partial charge on any atom is 0.328 e. The van der Waals surface area contributed by atoms with E-state index in [-0.39, 0.29) is 12.3 Å². The van der Waals surface area contributed by atoms with Crippen LogP contribution >= 0.6 is 11.8 Å². The fourth-order valence-electron chi connectivity index (χ4n) is 1.37. The number of rotatable bonds is 8. The molecule has 0 bridgehead atoms. The molecule has 1 unspecified atom stereocenters. The molecule has 0 aliphatic rings. The second-order valence-corrected chi connectivity index (χ2v) is 5.03. The summed E-state index contributed by atoms with van der Waals surface area (Å²) in [6, 6.07) is -0.676. The van der Waals surface area contributed by atoms with Crippen LogP contribution in [-0.4, -0.2) is 50.1 Å². The van der Waals surface area contributed by atoms with Gasteiger partial charge in [0.15, 0.2) is 0 Å². The molecule has 0 fully saturated rings. The van der Waals surface area contributed by atoms with Crippen LogP contribution in [0.25, 0.3) is 0 Å². The minimum absolute atomic E-state index is 0.0151. The van der Waals surface area contributed by atoms with Crippen molar-refractivity contribution >= 4 is 29.6 Å². The van der Waals surface area contributed by atoms with Crippen LogP contribution in [0.2, 0.25) is 0 Å². The zero-order valence-electron chi connectivity index (χ0n) is 11.7. The van der Waals surface area contributed by atoms with E-state index in [0.717, 1.165) is 5.75 Å². The first-order chi connectivity index (χ1) is 8.96. The monoisotopic (exact) mass is 291 g/mol. The summed E-state index contributed by atoms with van der Waals surface area (Å²) in [4.78, 5) is 34.4. The van der Waals surface area contributed by atoms with Gasteiger partial charge in [0.25, 0.3) is 0 Å². The molecule has 110 valence electrons. The van der Waals surface area contributed by atoms with Crippen molar-refractivity contribution in [2.75, 3.05) is 26.2 Å². The molecular weight excluding hydrogens is 270 g/mol. The van der Waals surface area contributed by atoms with Gasteiger partial charge in [-0.15, -0.1) is 0 Å². The third kappa shape index (κ3) is 7.05. The van der Waals surface area contributed by atoms with Gasteiger partial charge < -0.3 is 14.8 Å². The van der Waals surface area contributed by atoms with Gasteiger partial charge in [0.2, 0.25) is 5.91 Å². The fourth-order valence-corrected chi connectivity index (χ4v) is 1.84. The number of hydrogen-bond acceptors (Lipinski definition) is 6. The molecule has 0 aromatic rings. The second kappa shape index (κ2) is 9.66. The zero-order chi connectivity index (χ0) is 14.8. The van der Waals surface area contributed by atoms with E-state index in [2.05, 4.69) is 14.8 Å². The fraction of sp³-hybridized carbons (Fsp3) is 0.750. The number of esters is 2. The second-order valence-electron chi connectivity index (χ2n) is 4.05. The summed E-state index contributed by atoms with van der Waals surface area (Å²) in [6.07, 6.45) is 2.39. The van der Waals surface area contributed by atoms with Crippen molar-refractivity contribution in [1.82, 2.24) is 5.32 Å². The average Bonchev–Trinajstić information content (AvgIpc) is 2.41. The van der Waals surface area contributed by atoms with Gasteiger partial charge >= 0.3 is 11.9 Å². The van der Waals surface area contributed by atoms with Gasteiger partial charge in [0.1, 0.15) is 6.04 Å². The van der Waals surface area contributed by atoms with Gasteiger partial charge in [-0.1, -0.05) is 6.92 Å². The molecule has 0 rings (SSSR count). The minimum Gasteiger partial charge on any atom is -0.469 e. The van der Waals surface area contributed by atoms with Crippen LogP contribution in [0.3, 0.4) is 0 Å². The molecule has 0 heterocycles. The molecular formula is C12H21NO5S. The highest BCUT2D eigenvalue weighted by atomic mass is 32.2. The highest BCUT2D eigenvalue weighted by Gasteiger charge is 2.25. The lowest BCUT2D eigenvalue weighted by atomic mass is 10.1. The van der Waals surface area contributed by atoms with Gasteiger partial charge in [0, 0.05) is 5.92 Å². The quantitative estimate of drug-likeness (QED) is 0.659. The summed E-state index contributed by atoms with van der Waals surface area (Å²) in [5.41, 5.74) is 0. The van der Waals surface area contributed by atoms with E-state index in [1.807, 2.05) is 6.26 Å². The Bertz CT molecular complexity index is 321. The van der Waals surface area contributed by atoms with Crippen molar-refractivity contribution in [3.05, 3.63) is 0 Å². The lowest BCUT2D eigenvalue weighted by Crippen LogP contribution is -2.44. The molecule has 2 atom stereocenters. The van der Waals surface area contributed by atoms with Gasteiger partial charge in [-0.05, 0) is 18.4 Å². The summed E-state index contributed by atoms with van der Waals surface area (Å²) >= 11 is 1.57. The molecule has 0 radical (unpaired) electrons. The zero-order valence-corrected chi connectivity index (χ0v) is 12.5. The van der Waals surface area contributed by atoms with Crippen LogP contribution in [-0.2, 0) is 23.9 Å². The Morgan fingerprint density at radius 2 is 1.84 bits per heavy atom. The van der Waals surface area contributed by atoms with Crippen molar-refractivity contribution in [3.63, 3.8) is 0 Å². The van der Waals surface area contributed by atoms with E-state index >= 15 is 0 Å². The Labute approximate surface area is 117 Å². The maximum absolute atomic E-state index is 11.9. The van der Waals surface area contributed by atoms with Gasteiger partial charge in [0.05, 0.1) is 20.6 Å². The van der Waals surface area contributed by atoms with E-state index in [9.17, 15) is 14.4 Å². The number of methoxy groups -OCH3 is 2. The Morgan fingerprint density at radius 1 is 1.21 bits per heavy atom. The summed E-state index contributed by atoms with van der Waals surface area (Å²) in [6.45, 7) is 1.61. The van der Waals surface area contributed by atoms with Gasteiger partial charge in [-0.2, -0.15) is 11.8 Å². The number of carbonyl (C=O) groups is 3. The third-order valence-electron chi connectivity index (χ3n) is 2.56. The van der Waals surface area contributed by atoms with Crippen LogP contribution in [0.4, 0.5) is 0 Å². The molecule has 0 aliphatic carbocycles. The normalized spacial score (nSPS) is 13.3. The molecule has 1 amide bonds. The maximum atomic E-state index is 11.9. The van der Waals surface area contributed by atoms with E-state index in [1.165, 1.54) is 14.2 Å². The molecule has 0 aliphatic heterocycles. The molecule has 6 nitrogen and oxygen atoms in total. The standard InChI is InChI=1S/C12H21NO5S/c1-8(7-10(14)17-2)11(15)13-9(5-6-19-4)12(16)18-3/h8-9H,5-7H2,1-4H3,(H,13,15)/t8?,9-/m0/s1. The van der Waals surface area contributed by atoms with Gasteiger partial charge in [-0.25, -0.2) is 4.79 Å². The summed E-state index contributed by atoms with van der Waals surface area (Å²) in [5.74, 6) is -1.12. The average molecular weight is 291 g/mol. The predicted octanol–water partition coefficient (Wildman–Crippen LogP) is 0.596. The number of nitrogens with one attached hydrogen (secondary N) is 1. The summed E-state index contributed by atoms with van der Waals surface area (Å²) in [5, 5.41) is 2.60. The Balaban J connectivity index is 4.43. The van der Waals surface area contributed by atoms with E-state index in [4.69, 9.17) is 0 Å². The number of hydrogen-bond donors (Lipinski definition) is 1. The molecule has 1 N–H and O–H groups in total. The Hall–Kier alpha value is -1.24. The Morgan fingerprint density at radius 3 is 2.32 bits per heavy atom. The number of ether oxygens (including phenoxy) is 2. The smallest absolute Gasteiger partial charge is 0.328 e. The van der Waals surface area contributed by atoms with Crippen molar-refractivity contribution in [1.29, 1.82) is 0 Å². The molecule has 0 saturated carbocycles. The van der Waals surface area contributed by atoms with Crippen molar-refractivity contribution in [2.45, 2.75) is 25.8 Å². The number of thioether (sulfide) groups is 1. The van der Waals surface area contributed by atoms with Gasteiger partial charge in [-0.3, -0.25) is 9.59 Å². The number of carbonyl (C=O) groups excluding carboxylic acids is 3. The van der Waals surface area contributed by atoms with E-state index < -0.39 is 23.9 Å². The molecule has 0 aromatic carbocycles. The van der Waals surface area contributed by atoms with Crippen LogP contribution in [0, 0.1) is 5.92 Å². The van der Waals surface area contributed by atoms with Crippen LogP contribution in [0.5, 0.6) is 0 Å². The van der Waals surface area contributed by atoms with Crippen molar-refractivity contribution in [3.8, 4) is 0 Å². The van der Waals surface area contributed by atoms with E-state index in [0.29, 0.717) is 6.42 Å². The van der Waals surface area contributed by atoms with E-state index in [1.54, 1.807) is 18.7 Å².